The van der Waals surface area contributed by atoms with Gasteiger partial charge < -0.3 is 20.1 Å². The number of hydrogen-bond donors (Lipinski definition) is 2. The number of carbonyl (C=O) groups excluding carboxylic acids is 2. The molecular weight excluding hydrogens is 406 g/mol. The summed E-state index contributed by atoms with van der Waals surface area (Å²) in [7, 11) is 1.36. The van der Waals surface area contributed by atoms with E-state index in [2.05, 4.69) is 10.6 Å². The summed E-state index contributed by atoms with van der Waals surface area (Å²) < 4.78 is 37.8. The largest absolute Gasteiger partial charge is 0.444 e. The zero-order valence-corrected chi connectivity index (χ0v) is 18.1. The lowest BCUT2D eigenvalue weighted by Crippen LogP contribution is -2.50. The molecule has 0 saturated carbocycles. The zero-order chi connectivity index (χ0) is 23.0. The van der Waals surface area contributed by atoms with E-state index in [1.807, 2.05) is 30.3 Å². The van der Waals surface area contributed by atoms with Crippen molar-refractivity contribution in [1.29, 1.82) is 0 Å². The molecule has 0 bridgehead atoms. The standard InChI is InChI=1S/C23H28F2N2O4/c1-23(2,3)31-22(29)27-19(12-15-8-6-5-7-9-15)21(28)26-14-20(30-4)17-11-10-16(24)13-18(17)25/h5-11,13,19-20H,12,14H2,1-4H3,(H,26,28)(H,27,29). The summed E-state index contributed by atoms with van der Waals surface area (Å²) >= 11 is 0. The van der Waals surface area contributed by atoms with Crippen molar-refractivity contribution in [1.82, 2.24) is 10.6 Å². The fourth-order valence-corrected chi connectivity index (χ4v) is 2.91. The number of hydrogen-bond acceptors (Lipinski definition) is 4. The third kappa shape index (κ3) is 7.97. The highest BCUT2D eigenvalue weighted by Crippen LogP contribution is 2.20. The minimum Gasteiger partial charge on any atom is -0.444 e. The Morgan fingerprint density at radius 2 is 1.74 bits per heavy atom. The van der Waals surface area contributed by atoms with Crippen LogP contribution in [-0.2, 0) is 20.7 Å². The van der Waals surface area contributed by atoms with Gasteiger partial charge in [-0.05, 0) is 32.4 Å². The molecule has 0 aliphatic rings. The number of halogens is 2. The molecule has 2 atom stereocenters. The van der Waals surface area contributed by atoms with Crippen LogP contribution >= 0.6 is 0 Å². The van der Waals surface area contributed by atoms with E-state index >= 15 is 0 Å². The second-order valence-electron chi connectivity index (χ2n) is 8.02. The highest BCUT2D eigenvalue weighted by molar-refractivity contribution is 5.86. The van der Waals surface area contributed by atoms with Gasteiger partial charge in [0.25, 0.3) is 0 Å². The van der Waals surface area contributed by atoms with Crippen LogP contribution in [-0.4, -0.2) is 37.3 Å². The van der Waals surface area contributed by atoms with Crippen molar-refractivity contribution in [2.75, 3.05) is 13.7 Å². The minimum atomic E-state index is -0.923. The Labute approximate surface area is 180 Å². The summed E-state index contributed by atoms with van der Waals surface area (Å²) in [5.74, 6) is -1.96. The highest BCUT2D eigenvalue weighted by Gasteiger charge is 2.26. The number of nitrogens with one attached hydrogen (secondary N) is 2. The van der Waals surface area contributed by atoms with Crippen molar-refractivity contribution in [2.45, 2.75) is 44.9 Å². The molecular formula is C23H28F2N2O4. The highest BCUT2D eigenvalue weighted by atomic mass is 19.1. The summed E-state index contributed by atoms with van der Waals surface area (Å²) in [6.07, 6.45) is -1.33. The maximum absolute atomic E-state index is 14.1. The van der Waals surface area contributed by atoms with Gasteiger partial charge in [-0.3, -0.25) is 4.79 Å². The van der Waals surface area contributed by atoms with Gasteiger partial charge in [-0.2, -0.15) is 0 Å². The molecule has 0 aliphatic heterocycles. The van der Waals surface area contributed by atoms with E-state index in [0.29, 0.717) is 0 Å². The molecule has 8 heteroatoms. The van der Waals surface area contributed by atoms with Crippen LogP contribution in [0.2, 0.25) is 0 Å². The SMILES string of the molecule is COC(CNC(=O)C(Cc1ccccc1)NC(=O)OC(C)(C)C)c1ccc(F)cc1F. The number of amides is 2. The van der Waals surface area contributed by atoms with Crippen LogP contribution < -0.4 is 10.6 Å². The molecule has 31 heavy (non-hydrogen) atoms. The van der Waals surface area contributed by atoms with Gasteiger partial charge in [0.05, 0.1) is 0 Å². The van der Waals surface area contributed by atoms with Gasteiger partial charge in [-0.1, -0.05) is 36.4 Å². The van der Waals surface area contributed by atoms with E-state index in [1.54, 1.807) is 20.8 Å². The molecule has 6 nitrogen and oxygen atoms in total. The number of methoxy groups -OCH3 is 1. The van der Waals surface area contributed by atoms with Crippen LogP contribution in [0.25, 0.3) is 0 Å². The van der Waals surface area contributed by atoms with Crippen molar-refractivity contribution in [3.63, 3.8) is 0 Å². The Balaban J connectivity index is 2.10. The first-order valence-corrected chi connectivity index (χ1v) is 9.88. The Kier molecular flexibility index (Phi) is 8.50. The molecule has 0 aromatic heterocycles. The average molecular weight is 434 g/mol. The molecule has 2 rings (SSSR count). The normalized spacial score (nSPS) is 13.2. The van der Waals surface area contributed by atoms with E-state index in [0.717, 1.165) is 17.7 Å². The molecule has 0 aliphatic carbocycles. The molecule has 2 amide bonds. The number of benzene rings is 2. The topological polar surface area (TPSA) is 76.7 Å². The van der Waals surface area contributed by atoms with E-state index in [1.165, 1.54) is 13.2 Å². The second-order valence-corrected chi connectivity index (χ2v) is 8.02. The van der Waals surface area contributed by atoms with Crippen LogP contribution in [0.1, 0.15) is 38.0 Å². The smallest absolute Gasteiger partial charge is 0.408 e. The summed E-state index contributed by atoms with van der Waals surface area (Å²) in [6.45, 7) is 5.09. The molecule has 0 saturated heterocycles. The molecule has 0 radical (unpaired) electrons. The van der Waals surface area contributed by atoms with Gasteiger partial charge >= 0.3 is 6.09 Å². The first-order chi connectivity index (χ1) is 14.6. The van der Waals surface area contributed by atoms with Crippen molar-refractivity contribution in [3.8, 4) is 0 Å². The zero-order valence-electron chi connectivity index (χ0n) is 18.1. The lowest BCUT2D eigenvalue weighted by Gasteiger charge is -2.24. The van der Waals surface area contributed by atoms with Crippen molar-refractivity contribution in [2.24, 2.45) is 0 Å². The van der Waals surface area contributed by atoms with Crippen LogP contribution in [0.15, 0.2) is 48.5 Å². The Morgan fingerprint density at radius 1 is 1.06 bits per heavy atom. The van der Waals surface area contributed by atoms with Crippen molar-refractivity contribution < 1.29 is 27.8 Å². The number of ether oxygens (including phenoxy) is 2. The minimum absolute atomic E-state index is 0.0703. The first-order valence-electron chi connectivity index (χ1n) is 9.88. The third-order valence-electron chi connectivity index (χ3n) is 4.35. The number of alkyl carbamates (subject to hydrolysis) is 1. The lowest BCUT2D eigenvalue weighted by atomic mass is 10.0. The predicted molar refractivity (Wildman–Crippen MR) is 112 cm³/mol. The maximum atomic E-state index is 14.1. The predicted octanol–water partition coefficient (Wildman–Crippen LogP) is 3.90. The monoisotopic (exact) mass is 434 g/mol. The Bertz CT molecular complexity index is 885. The van der Waals surface area contributed by atoms with E-state index < -0.39 is 41.4 Å². The quantitative estimate of drug-likeness (QED) is 0.661. The van der Waals surface area contributed by atoms with Gasteiger partial charge in [0.1, 0.15) is 29.4 Å². The van der Waals surface area contributed by atoms with Gasteiger partial charge in [0, 0.05) is 31.7 Å². The molecule has 0 heterocycles. The van der Waals surface area contributed by atoms with E-state index in [4.69, 9.17) is 9.47 Å². The molecule has 2 aromatic rings. The maximum Gasteiger partial charge on any atom is 0.408 e. The van der Waals surface area contributed by atoms with Crippen molar-refractivity contribution >= 4 is 12.0 Å². The van der Waals surface area contributed by atoms with Gasteiger partial charge in [0.15, 0.2) is 0 Å². The molecule has 0 fully saturated rings. The number of rotatable bonds is 8. The average Bonchev–Trinajstić information content (AvgIpc) is 2.68. The summed E-state index contributed by atoms with van der Waals surface area (Å²) in [4.78, 5) is 25.1. The van der Waals surface area contributed by atoms with Gasteiger partial charge in [-0.15, -0.1) is 0 Å². The second kappa shape index (κ2) is 10.9. The molecule has 2 unspecified atom stereocenters. The van der Waals surface area contributed by atoms with E-state index in [9.17, 15) is 18.4 Å². The summed E-state index contributed by atoms with van der Waals surface area (Å²) in [6, 6.07) is 11.4. The molecule has 2 N–H and O–H groups in total. The van der Waals surface area contributed by atoms with Crippen LogP contribution in [0.5, 0.6) is 0 Å². The Morgan fingerprint density at radius 3 is 2.32 bits per heavy atom. The first kappa shape index (κ1) is 24.3. The van der Waals surface area contributed by atoms with Crippen LogP contribution in [0.4, 0.5) is 13.6 Å². The number of carbonyl (C=O) groups is 2. The van der Waals surface area contributed by atoms with Gasteiger partial charge in [-0.25, -0.2) is 13.6 Å². The molecule has 0 spiro atoms. The van der Waals surface area contributed by atoms with Crippen molar-refractivity contribution in [3.05, 3.63) is 71.3 Å². The summed E-state index contributed by atoms with van der Waals surface area (Å²) in [5.41, 5.74) is 0.231. The molecule has 168 valence electrons. The fraction of sp³-hybridized carbons (Fsp3) is 0.391. The summed E-state index contributed by atoms with van der Waals surface area (Å²) in [5, 5.41) is 5.25. The fourth-order valence-electron chi connectivity index (χ4n) is 2.91. The third-order valence-corrected chi connectivity index (χ3v) is 4.35. The lowest BCUT2D eigenvalue weighted by molar-refractivity contribution is -0.123. The van der Waals surface area contributed by atoms with Crippen LogP contribution in [0, 0.1) is 11.6 Å². The molecule has 2 aromatic carbocycles. The van der Waals surface area contributed by atoms with Gasteiger partial charge in [0.2, 0.25) is 5.91 Å². The van der Waals surface area contributed by atoms with Crippen LogP contribution in [0.3, 0.4) is 0 Å². The Hall–Kier alpha value is -3.00. The van der Waals surface area contributed by atoms with E-state index in [-0.39, 0.29) is 18.5 Å².